The standard InChI is InChI=1S/2C10H19N2.BrH.2F2NO4S2.K.H2O/c2*1-3-4-5-6-7-12-9-8-11(2)10-12;;2*1-8(4,5)3-9(2,6)7;;/h2*8-10H,3-7H2,1-2H3;1H;;;;1H2/q2*+1;;2*-1;+1;/p-1. The summed E-state index contributed by atoms with van der Waals surface area (Å²) in [5, 5.41) is 0. The van der Waals surface area contributed by atoms with Gasteiger partial charge in [-0.25, -0.2) is 51.9 Å². The maximum atomic E-state index is 11.1. The molecule has 45 heavy (non-hydrogen) atoms. The molecule has 0 radical (unpaired) electrons. The molecule has 2 rings (SSSR count). The van der Waals surface area contributed by atoms with Crippen LogP contribution in [0.2, 0.25) is 0 Å². The first-order valence-electron chi connectivity index (χ1n) is 12.4. The van der Waals surface area contributed by atoms with Crippen LogP contribution in [0.1, 0.15) is 65.2 Å². The van der Waals surface area contributed by atoms with Crippen molar-refractivity contribution in [1.82, 2.24) is 9.13 Å². The monoisotopic (exact) mass is 830 g/mol. The van der Waals surface area contributed by atoms with Gasteiger partial charge in [0, 0.05) is 0 Å². The average molecular weight is 832 g/mol. The van der Waals surface area contributed by atoms with E-state index in [0.29, 0.717) is 0 Å². The van der Waals surface area contributed by atoms with Crippen molar-refractivity contribution >= 4 is 41.6 Å². The van der Waals surface area contributed by atoms with Crippen LogP contribution in [0, 0.1) is 0 Å². The Morgan fingerprint density at radius 3 is 1.00 bits per heavy atom. The van der Waals surface area contributed by atoms with Crippen LogP contribution in [0.3, 0.4) is 0 Å². The van der Waals surface area contributed by atoms with Gasteiger partial charge in [-0.2, -0.15) is 0 Å². The van der Waals surface area contributed by atoms with Crippen LogP contribution in [0.25, 0.3) is 8.25 Å². The van der Waals surface area contributed by atoms with E-state index in [1.807, 2.05) is 0 Å². The molecule has 0 fully saturated rings. The number of aromatic nitrogens is 4. The van der Waals surface area contributed by atoms with E-state index in [9.17, 15) is 49.2 Å². The van der Waals surface area contributed by atoms with Gasteiger partial charge < -0.3 is 30.7 Å². The van der Waals surface area contributed by atoms with Gasteiger partial charge in [0.15, 0.2) is 0 Å². The number of halogens is 5. The summed E-state index contributed by atoms with van der Waals surface area (Å²) in [4.78, 5) is 0. The molecule has 2 heterocycles. The van der Waals surface area contributed by atoms with Crippen molar-refractivity contribution in [2.24, 2.45) is 14.1 Å². The second-order valence-electron chi connectivity index (χ2n) is 8.55. The normalized spacial score (nSPS) is 11.0. The first-order valence-corrected chi connectivity index (χ1v) is 17.7. The number of rotatable bonds is 14. The summed E-state index contributed by atoms with van der Waals surface area (Å²) in [6.45, 7) is 6.83. The van der Waals surface area contributed by atoms with Crippen LogP contribution in [-0.2, 0) is 68.8 Å². The topological polar surface area (TPSA) is 214 Å². The van der Waals surface area contributed by atoms with Crippen molar-refractivity contribution in [3.05, 3.63) is 45.7 Å². The van der Waals surface area contributed by atoms with Gasteiger partial charge in [-0.1, -0.05) is 39.5 Å². The second-order valence-corrected chi connectivity index (χ2v) is 13.0. The van der Waals surface area contributed by atoms with Crippen molar-refractivity contribution < 1.29 is 132 Å². The van der Waals surface area contributed by atoms with Gasteiger partial charge in [-0.3, -0.25) is 0 Å². The van der Waals surface area contributed by atoms with E-state index in [-0.39, 0.29) is 73.8 Å². The van der Waals surface area contributed by atoms with E-state index in [0.717, 1.165) is 8.25 Å². The maximum Gasteiger partial charge on any atom is 1.00 e. The van der Waals surface area contributed by atoms with Crippen LogP contribution in [0.4, 0.5) is 15.5 Å². The van der Waals surface area contributed by atoms with Gasteiger partial charge in [0.1, 0.15) is 24.8 Å². The third-order valence-electron chi connectivity index (χ3n) is 4.54. The number of hydrogen-bond acceptors (Lipinski definition) is 8. The molecule has 2 N–H and O–H groups in total. The fraction of sp³-hybridized carbons (Fsp3) is 0.700. The summed E-state index contributed by atoms with van der Waals surface area (Å²) in [7, 11) is -18.4. The number of imidazole rings is 2. The molecular formula is C20H40BrF4KN6O9S4. The van der Waals surface area contributed by atoms with Crippen LogP contribution in [0.15, 0.2) is 37.4 Å². The largest absolute Gasteiger partial charge is 1.00 e. The van der Waals surface area contributed by atoms with Gasteiger partial charge in [-0.15, -0.1) is 15.5 Å². The Morgan fingerprint density at radius 1 is 0.578 bits per heavy atom. The van der Waals surface area contributed by atoms with E-state index in [1.165, 1.54) is 64.5 Å². The molecule has 25 heteroatoms. The molecular weight excluding hydrogens is 792 g/mol. The minimum absolute atomic E-state index is 0. The SMILES string of the molecule is CCCCCCn1cc[n+](C)c1.CCCCCCn1cc[n+](C)c1.O.O=S(=O)(F)[N-]S(=O)(=O)F.O=S(=O)(F)[N-]S(=O)(=O)F.[Br-].[K+]. The van der Waals surface area contributed by atoms with E-state index < -0.39 is 41.6 Å². The van der Waals surface area contributed by atoms with Crippen LogP contribution < -0.4 is 77.5 Å². The van der Waals surface area contributed by atoms with E-state index in [4.69, 9.17) is 0 Å². The molecule has 0 aromatic carbocycles. The number of hydrogen-bond donors (Lipinski definition) is 0. The Kier molecular flexibility index (Phi) is 33.7. The molecule has 264 valence electrons. The summed E-state index contributed by atoms with van der Waals surface area (Å²) >= 11 is 0. The summed E-state index contributed by atoms with van der Waals surface area (Å²) in [6.07, 6.45) is 23.4. The Bertz CT molecular complexity index is 1290. The Balaban J connectivity index is -0.000000156. The number of aryl methyl sites for hydroxylation is 4. The second kappa shape index (κ2) is 27.8. The molecule has 2 aromatic rings. The number of nitrogens with zero attached hydrogens (tertiary/aromatic N) is 6. The minimum Gasteiger partial charge on any atom is -1.00 e. The molecule has 0 amide bonds. The van der Waals surface area contributed by atoms with Crippen LogP contribution in [-0.4, -0.2) is 48.3 Å². The van der Waals surface area contributed by atoms with Gasteiger partial charge >= 0.3 is 51.4 Å². The zero-order chi connectivity index (χ0) is 33.0. The molecule has 15 nitrogen and oxygen atoms in total. The third kappa shape index (κ3) is 43.9. The Hall–Kier alpha value is -0.0636. The van der Waals surface area contributed by atoms with Gasteiger partial charge in [-0.05, 0) is 25.7 Å². The quantitative estimate of drug-likeness (QED) is 0.0613. The van der Waals surface area contributed by atoms with Crippen molar-refractivity contribution in [1.29, 1.82) is 0 Å². The zero-order valence-corrected chi connectivity index (χ0v) is 33.5. The molecule has 0 atom stereocenters. The number of unbranched alkanes of at least 4 members (excludes halogenated alkanes) is 6. The predicted octanol–water partition coefficient (Wildman–Crippen LogP) is -3.45. The molecule has 0 aliphatic heterocycles. The summed E-state index contributed by atoms with van der Waals surface area (Å²) < 4.78 is 129. The summed E-state index contributed by atoms with van der Waals surface area (Å²) in [5.74, 6) is 0. The van der Waals surface area contributed by atoms with Crippen molar-refractivity contribution in [3.8, 4) is 0 Å². The molecule has 0 saturated heterocycles. The van der Waals surface area contributed by atoms with Crippen molar-refractivity contribution in [2.75, 3.05) is 0 Å². The fourth-order valence-corrected chi connectivity index (χ4v) is 4.62. The van der Waals surface area contributed by atoms with Crippen LogP contribution >= 0.6 is 0 Å². The van der Waals surface area contributed by atoms with Crippen molar-refractivity contribution in [3.63, 3.8) is 0 Å². The van der Waals surface area contributed by atoms with E-state index >= 15 is 0 Å². The minimum atomic E-state index is -5.62. The smallest absolute Gasteiger partial charge is 1.00 e. The predicted molar refractivity (Wildman–Crippen MR) is 150 cm³/mol. The van der Waals surface area contributed by atoms with E-state index in [1.54, 1.807) is 0 Å². The fourth-order valence-electron chi connectivity index (χ4n) is 2.92. The molecule has 0 saturated carbocycles. The average Bonchev–Trinajstić information content (AvgIpc) is 3.38. The maximum absolute atomic E-state index is 11.1. The molecule has 0 unspecified atom stereocenters. The molecule has 0 bridgehead atoms. The molecule has 0 aliphatic carbocycles. The Labute approximate surface area is 317 Å². The van der Waals surface area contributed by atoms with Gasteiger partial charge in [0.25, 0.3) is 0 Å². The zero-order valence-electron chi connectivity index (χ0n) is 25.5. The van der Waals surface area contributed by atoms with Crippen LogP contribution in [0.5, 0.6) is 0 Å². The summed E-state index contributed by atoms with van der Waals surface area (Å²) in [6, 6.07) is 0. The van der Waals surface area contributed by atoms with Gasteiger partial charge in [0.05, 0.1) is 27.2 Å². The molecule has 2 aromatic heterocycles. The van der Waals surface area contributed by atoms with E-state index in [2.05, 4.69) is 83.7 Å². The van der Waals surface area contributed by atoms with Crippen molar-refractivity contribution in [2.45, 2.75) is 78.3 Å². The third-order valence-corrected chi connectivity index (χ3v) is 7.39. The van der Waals surface area contributed by atoms with Gasteiger partial charge in [0.2, 0.25) is 54.3 Å². The Morgan fingerprint density at radius 2 is 0.844 bits per heavy atom. The molecule has 0 aliphatic rings. The summed E-state index contributed by atoms with van der Waals surface area (Å²) in [5.41, 5.74) is 0. The first kappa shape index (κ1) is 54.4. The molecule has 0 spiro atoms. The first-order chi connectivity index (χ1) is 19.1.